The molecule has 43 heavy (non-hydrogen) atoms. The second-order valence-electron chi connectivity index (χ2n) is 10.8. The van der Waals surface area contributed by atoms with Crippen LogP contribution >= 0.6 is 0 Å². The maximum absolute atomic E-state index is 14.1. The van der Waals surface area contributed by atoms with E-state index in [0.717, 1.165) is 5.56 Å². The minimum Gasteiger partial charge on any atom is -0.486 e. The highest BCUT2D eigenvalue weighted by atomic mass is 19.1. The van der Waals surface area contributed by atoms with Crippen molar-refractivity contribution in [3.63, 3.8) is 0 Å². The molecule has 0 bridgehead atoms. The summed E-state index contributed by atoms with van der Waals surface area (Å²) in [4.78, 5) is 52.8. The Hall–Kier alpha value is -4.41. The van der Waals surface area contributed by atoms with E-state index >= 15 is 0 Å². The summed E-state index contributed by atoms with van der Waals surface area (Å²) in [5, 5.41) is 2.58. The minimum atomic E-state index is -0.809. The van der Waals surface area contributed by atoms with Crippen LogP contribution in [0.5, 0.6) is 5.75 Å². The third-order valence-electron chi connectivity index (χ3n) is 8.18. The lowest BCUT2D eigenvalue weighted by Crippen LogP contribution is -2.49. The Kier molecular flexibility index (Phi) is 8.05. The molecule has 3 heterocycles. The number of imide groups is 1. The van der Waals surface area contributed by atoms with Crippen molar-refractivity contribution >= 4 is 23.5 Å². The zero-order valence-corrected chi connectivity index (χ0v) is 23.6. The van der Waals surface area contributed by atoms with E-state index in [-0.39, 0.29) is 42.8 Å². The monoisotopic (exact) mass is 586 g/mol. The van der Waals surface area contributed by atoms with E-state index < -0.39 is 36.9 Å². The van der Waals surface area contributed by atoms with Gasteiger partial charge in [-0.1, -0.05) is 42.5 Å². The van der Waals surface area contributed by atoms with Crippen LogP contribution in [0.4, 0.5) is 4.39 Å². The summed E-state index contributed by atoms with van der Waals surface area (Å²) in [6.07, 6.45) is -0.356. The van der Waals surface area contributed by atoms with Gasteiger partial charge in [0.1, 0.15) is 18.5 Å². The van der Waals surface area contributed by atoms with Gasteiger partial charge >= 0.3 is 0 Å². The second-order valence-corrected chi connectivity index (χ2v) is 10.8. The Balaban J connectivity index is 1.10. The first-order valence-electron chi connectivity index (χ1n) is 14.3. The quantitative estimate of drug-likeness (QED) is 0.294. The lowest BCUT2D eigenvalue weighted by Gasteiger charge is -2.33. The molecule has 0 spiro atoms. The summed E-state index contributed by atoms with van der Waals surface area (Å²) in [5.41, 5.74) is 2.73. The van der Waals surface area contributed by atoms with Crippen molar-refractivity contribution in [3.05, 3.63) is 100 Å². The van der Waals surface area contributed by atoms with Crippen LogP contribution in [-0.4, -0.2) is 73.8 Å². The van der Waals surface area contributed by atoms with Gasteiger partial charge in [-0.05, 0) is 42.7 Å². The fourth-order valence-electron chi connectivity index (χ4n) is 6.03. The molecule has 1 saturated heterocycles. The van der Waals surface area contributed by atoms with E-state index in [4.69, 9.17) is 14.2 Å². The van der Waals surface area contributed by atoms with E-state index in [1.54, 1.807) is 30.3 Å². The van der Waals surface area contributed by atoms with Crippen LogP contribution in [0.2, 0.25) is 0 Å². The highest BCUT2D eigenvalue weighted by Crippen LogP contribution is 2.45. The number of Topliss-reactive ketones (excluding diaryl/α,β-unsaturated/α-hetero) is 1. The number of ketones is 1. The van der Waals surface area contributed by atoms with Gasteiger partial charge in [0, 0.05) is 24.6 Å². The average Bonchev–Trinajstić information content (AvgIpc) is 3.55. The number of carbonyl (C=O) groups is 4. The van der Waals surface area contributed by atoms with E-state index in [0.29, 0.717) is 40.8 Å². The molecule has 1 fully saturated rings. The first-order valence-corrected chi connectivity index (χ1v) is 14.3. The number of benzene rings is 3. The van der Waals surface area contributed by atoms with Gasteiger partial charge in [0.05, 0.1) is 41.9 Å². The summed E-state index contributed by atoms with van der Waals surface area (Å²) < 4.78 is 31.6. The third-order valence-corrected chi connectivity index (χ3v) is 8.18. The molecular weight excluding hydrogens is 555 g/mol. The molecule has 0 aliphatic carbocycles. The smallest absolute Gasteiger partial charge is 0.261 e. The van der Waals surface area contributed by atoms with Crippen molar-refractivity contribution in [3.8, 4) is 5.75 Å². The number of halogens is 1. The standard InChI is InChI=1S/C33H31FN2O7/c1-35-31(38)25-15-20(14-24-29(19-8-3-2-4-9-19)27(16-34)43-30(24)25)26(37)12-7-13-28-41-17-21(18-42-28)36-32(39)22-10-5-6-11-23(22)33(36)40/h2-6,8-11,14-15,21,27-29H,7,12-13,16-18H2,1H3,(H,35,38)/t21?,27-,28?,29+/m1/s1. The van der Waals surface area contributed by atoms with Crippen molar-refractivity contribution in [1.82, 2.24) is 10.2 Å². The molecule has 3 aliphatic heterocycles. The number of amides is 3. The maximum Gasteiger partial charge on any atom is 0.261 e. The molecule has 0 saturated carbocycles. The van der Waals surface area contributed by atoms with Gasteiger partial charge in [0.15, 0.2) is 12.1 Å². The van der Waals surface area contributed by atoms with Crippen molar-refractivity contribution in [1.29, 1.82) is 0 Å². The van der Waals surface area contributed by atoms with Crippen LogP contribution in [0.25, 0.3) is 0 Å². The van der Waals surface area contributed by atoms with Crippen LogP contribution in [-0.2, 0) is 9.47 Å². The predicted molar refractivity (Wildman–Crippen MR) is 153 cm³/mol. The molecule has 222 valence electrons. The normalized spacial score (nSPS) is 22.6. The maximum atomic E-state index is 14.1. The van der Waals surface area contributed by atoms with Crippen molar-refractivity contribution in [2.45, 2.75) is 43.6 Å². The zero-order chi connectivity index (χ0) is 30.1. The molecule has 10 heteroatoms. The number of nitrogens with one attached hydrogen (secondary N) is 1. The summed E-state index contributed by atoms with van der Waals surface area (Å²) in [6.45, 7) is -0.470. The van der Waals surface area contributed by atoms with Gasteiger partial charge in [0.2, 0.25) is 0 Å². The number of nitrogens with zero attached hydrogens (tertiary/aromatic N) is 1. The summed E-state index contributed by atoms with van der Waals surface area (Å²) in [6, 6.07) is 18.7. The lowest BCUT2D eigenvalue weighted by molar-refractivity contribution is -0.199. The number of ether oxygens (including phenoxy) is 3. The molecule has 6 rings (SSSR count). The molecule has 3 amide bonds. The Bertz CT molecular complexity index is 1530. The Morgan fingerprint density at radius 2 is 1.60 bits per heavy atom. The number of carbonyl (C=O) groups excluding carboxylic acids is 4. The van der Waals surface area contributed by atoms with E-state index in [1.807, 2.05) is 30.3 Å². The molecular formula is C33H31FN2O7. The number of rotatable bonds is 9. The van der Waals surface area contributed by atoms with E-state index in [2.05, 4.69) is 5.32 Å². The van der Waals surface area contributed by atoms with Gasteiger partial charge < -0.3 is 19.5 Å². The number of alkyl halides is 1. The average molecular weight is 587 g/mol. The van der Waals surface area contributed by atoms with Gasteiger partial charge in [-0.15, -0.1) is 0 Å². The fraction of sp³-hybridized carbons (Fsp3) is 0.333. The van der Waals surface area contributed by atoms with Crippen LogP contribution in [0.15, 0.2) is 66.7 Å². The molecule has 3 aromatic carbocycles. The highest BCUT2D eigenvalue weighted by Gasteiger charge is 2.42. The minimum absolute atomic E-state index is 0.140. The fourth-order valence-corrected chi connectivity index (χ4v) is 6.03. The Morgan fingerprint density at radius 1 is 0.953 bits per heavy atom. The van der Waals surface area contributed by atoms with Crippen LogP contribution in [0.3, 0.4) is 0 Å². The summed E-state index contributed by atoms with van der Waals surface area (Å²) in [5.74, 6) is -1.48. The number of hydrogen-bond acceptors (Lipinski definition) is 7. The van der Waals surface area contributed by atoms with Crippen molar-refractivity contribution in [2.75, 3.05) is 26.9 Å². The first-order chi connectivity index (χ1) is 20.9. The molecule has 9 nitrogen and oxygen atoms in total. The summed E-state index contributed by atoms with van der Waals surface area (Å²) in [7, 11) is 1.49. The Morgan fingerprint density at radius 3 is 2.23 bits per heavy atom. The van der Waals surface area contributed by atoms with Crippen LogP contribution < -0.4 is 10.1 Å². The number of fused-ring (bicyclic) bond motifs is 2. The van der Waals surface area contributed by atoms with Gasteiger partial charge in [-0.25, -0.2) is 4.39 Å². The molecule has 0 radical (unpaired) electrons. The van der Waals surface area contributed by atoms with Crippen LogP contribution in [0.1, 0.15) is 77.7 Å². The van der Waals surface area contributed by atoms with E-state index in [9.17, 15) is 23.6 Å². The number of hydrogen-bond donors (Lipinski definition) is 1. The predicted octanol–water partition coefficient (Wildman–Crippen LogP) is 4.30. The highest BCUT2D eigenvalue weighted by molar-refractivity contribution is 6.21. The summed E-state index contributed by atoms with van der Waals surface area (Å²) >= 11 is 0. The lowest BCUT2D eigenvalue weighted by atomic mass is 9.86. The first kappa shape index (κ1) is 28.7. The van der Waals surface area contributed by atoms with E-state index in [1.165, 1.54) is 18.0 Å². The second kappa shape index (κ2) is 12.1. The third kappa shape index (κ3) is 5.32. The van der Waals surface area contributed by atoms with Gasteiger partial charge in [-0.2, -0.15) is 0 Å². The SMILES string of the molecule is CNC(=O)c1cc(C(=O)CCCC2OCC(N3C(=O)c4ccccc4C3=O)CO2)cc2c1O[C@H](CF)[C@H]2c1ccccc1. The zero-order valence-electron chi connectivity index (χ0n) is 23.6. The molecule has 2 atom stereocenters. The molecule has 1 N–H and O–H groups in total. The van der Waals surface area contributed by atoms with Gasteiger partial charge in [0.25, 0.3) is 17.7 Å². The molecule has 0 unspecified atom stereocenters. The topological polar surface area (TPSA) is 111 Å². The molecule has 0 aromatic heterocycles. The largest absolute Gasteiger partial charge is 0.486 e. The van der Waals surface area contributed by atoms with Crippen molar-refractivity contribution < 1.29 is 37.8 Å². The van der Waals surface area contributed by atoms with Crippen LogP contribution in [0, 0.1) is 0 Å². The Labute approximate surface area is 247 Å². The molecule has 3 aliphatic rings. The van der Waals surface area contributed by atoms with Gasteiger partial charge in [-0.3, -0.25) is 24.1 Å². The molecule has 3 aromatic rings. The van der Waals surface area contributed by atoms with Crippen molar-refractivity contribution in [2.24, 2.45) is 0 Å².